The highest BCUT2D eigenvalue weighted by atomic mass is 35.5. The molecule has 0 unspecified atom stereocenters. The second kappa shape index (κ2) is 9.89. The molecule has 0 aliphatic rings. The molecule has 0 aliphatic heterocycles. The monoisotopic (exact) mass is 464 g/mol. The Bertz CT molecular complexity index is 1240. The number of rotatable bonds is 7. The average Bonchev–Trinajstić information content (AvgIpc) is 3.24. The van der Waals surface area contributed by atoms with E-state index in [1.807, 2.05) is 78.2 Å². The summed E-state index contributed by atoms with van der Waals surface area (Å²) < 4.78 is 7.44. The van der Waals surface area contributed by atoms with E-state index in [0.717, 1.165) is 16.8 Å². The lowest BCUT2D eigenvalue weighted by Gasteiger charge is -2.12. The number of carbonyl (C=O) groups excluding carboxylic acids is 1. The van der Waals surface area contributed by atoms with Crippen molar-refractivity contribution in [3.63, 3.8) is 0 Å². The predicted octanol–water partition coefficient (Wildman–Crippen LogP) is 5.64. The summed E-state index contributed by atoms with van der Waals surface area (Å²) in [6.07, 6.45) is 0. The van der Waals surface area contributed by atoms with Crippen LogP contribution < -0.4 is 10.1 Å². The quantitative estimate of drug-likeness (QED) is 0.359. The molecule has 4 rings (SSSR count). The molecule has 0 atom stereocenters. The third kappa shape index (κ3) is 4.79. The number of anilines is 1. The lowest BCUT2D eigenvalue weighted by molar-refractivity contribution is -0.113. The summed E-state index contributed by atoms with van der Waals surface area (Å²) in [6.45, 7) is 1.95. The molecular weight excluding hydrogens is 444 g/mol. The molecule has 6 nitrogen and oxygen atoms in total. The smallest absolute Gasteiger partial charge is 0.234 e. The predicted molar refractivity (Wildman–Crippen MR) is 129 cm³/mol. The van der Waals surface area contributed by atoms with Crippen LogP contribution in [0.4, 0.5) is 5.69 Å². The number of halogens is 1. The normalized spacial score (nSPS) is 10.7. The first-order valence-corrected chi connectivity index (χ1v) is 11.3. The summed E-state index contributed by atoms with van der Waals surface area (Å²) in [4.78, 5) is 12.6. The fourth-order valence-electron chi connectivity index (χ4n) is 3.21. The van der Waals surface area contributed by atoms with Crippen LogP contribution >= 0.6 is 23.4 Å². The zero-order chi connectivity index (χ0) is 22.5. The molecule has 3 aromatic carbocycles. The number of amides is 1. The Labute approximate surface area is 195 Å². The molecule has 162 valence electrons. The summed E-state index contributed by atoms with van der Waals surface area (Å²) in [6, 6.07) is 22.9. The molecule has 1 N–H and O–H groups in total. The molecule has 0 saturated heterocycles. The van der Waals surface area contributed by atoms with E-state index >= 15 is 0 Å². The molecule has 1 aromatic heterocycles. The highest BCUT2D eigenvalue weighted by molar-refractivity contribution is 7.99. The largest absolute Gasteiger partial charge is 0.496 e. The Morgan fingerprint density at radius 2 is 1.81 bits per heavy atom. The molecule has 0 saturated carbocycles. The van der Waals surface area contributed by atoms with Gasteiger partial charge in [0.2, 0.25) is 5.91 Å². The average molecular weight is 465 g/mol. The second-order valence-electron chi connectivity index (χ2n) is 7.00. The van der Waals surface area contributed by atoms with Crippen LogP contribution in [0.3, 0.4) is 0 Å². The number of hydrogen-bond acceptors (Lipinski definition) is 5. The number of carbonyl (C=O) groups is 1. The van der Waals surface area contributed by atoms with Crippen LogP contribution in [0.15, 0.2) is 78.0 Å². The van der Waals surface area contributed by atoms with Gasteiger partial charge < -0.3 is 10.1 Å². The highest BCUT2D eigenvalue weighted by Gasteiger charge is 2.19. The van der Waals surface area contributed by atoms with Crippen LogP contribution in [0, 0.1) is 6.92 Å². The third-order valence-corrected chi connectivity index (χ3v) is 5.97. The van der Waals surface area contributed by atoms with E-state index in [-0.39, 0.29) is 11.7 Å². The van der Waals surface area contributed by atoms with Gasteiger partial charge in [0.15, 0.2) is 11.0 Å². The summed E-state index contributed by atoms with van der Waals surface area (Å²) in [5, 5.41) is 12.7. The Kier molecular flexibility index (Phi) is 6.78. The Morgan fingerprint density at radius 3 is 2.56 bits per heavy atom. The fourth-order valence-corrected chi connectivity index (χ4v) is 4.25. The summed E-state index contributed by atoms with van der Waals surface area (Å²) in [5.41, 5.74) is 3.32. The topological polar surface area (TPSA) is 69.0 Å². The first-order valence-electron chi connectivity index (χ1n) is 9.90. The summed E-state index contributed by atoms with van der Waals surface area (Å²) in [5.74, 6) is 1.31. The molecule has 8 heteroatoms. The molecule has 32 heavy (non-hydrogen) atoms. The van der Waals surface area contributed by atoms with Gasteiger partial charge in [-0.1, -0.05) is 59.8 Å². The molecule has 0 radical (unpaired) electrons. The number of para-hydroxylation sites is 2. The van der Waals surface area contributed by atoms with E-state index in [2.05, 4.69) is 15.5 Å². The van der Waals surface area contributed by atoms with Crippen LogP contribution in [-0.4, -0.2) is 33.5 Å². The van der Waals surface area contributed by atoms with Crippen molar-refractivity contribution in [1.82, 2.24) is 14.8 Å². The number of ether oxygens (including phenoxy) is 1. The number of nitrogens with zero attached hydrogens (tertiary/aromatic N) is 3. The minimum atomic E-state index is -0.179. The minimum Gasteiger partial charge on any atom is -0.496 e. The molecule has 1 heterocycles. The van der Waals surface area contributed by atoms with Crippen LogP contribution in [0.5, 0.6) is 5.75 Å². The number of hydrogen-bond donors (Lipinski definition) is 1. The molecule has 0 spiro atoms. The molecule has 0 aliphatic carbocycles. The molecular formula is C24H21ClN4O2S. The summed E-state index contributed by atoms with van der Waals surface area (Å²) >= 11 is 7.54. The van der Waals surface area contributed by atoms with Gasteiger partial charge in [-0.05, 0) is 48.9 Å². The van der Waals surface area contributed by atoms with Crippen LogP contribution in [0.2, 0.25) is 5.02 Å². The first-order chi connectivity index (χ1) is 15.6. The standard InChI is InChI=1S/C24H21ClN4O2S/c1-16-12-13-20(19(25)14-16)26-22(30)15-32-24-28-27-23(18-10-6-7-11-21(18)31-2)29(24)17-8-4-3-5-9-17/h3-14H,15H2,1-2H3,(H,26,30). The second-order valence-corrected chi connectivity index (χ2v) is 8.35. The van der Waals surface area contributed by atoms with Crippen molar-refractivity contribution in [3.05, 3.63) is 83.4 Å². The van der Waals surface area contributed by atoms with Crippen molar-refractivity contribution >= 4 is 35.0 Å². The zero-order valence-corrected chi connectivity index (χ0v) is 19.2. The van der Waals surface area contributed by atoms with E-state index in [9.17, 15) is 4.79 Å². The van der Waals surface area contributed by atoms with Gasteiger partial charge in [-0.3, -0.25) is 9.36 Å². The maximum Gasteiger partial charge on any atom is 0.234 e. The van der Waals surface area contributed by atoms with Gasteiger partial charge in [-0.15, -0.1) is 10.2 Å². The Hall–Kier alpha value is -3.29. The maximum absolute atomic E-state index is 12.6. The molecule has 4 aromatic rings. The van der Waals surface area contributed by atoms with E-state index in [0.29, 0.717) is 27.4 Å². The van der Waals surface area contributed by atoms with Crippen molar-refractivity contribution in [2.45, 2.75) is 12.1 Å². The Morgan fingerprint density at radius 1 is 1.06 bits per heavy atom. The number of thioether (sulfide) groups is 1. The molecule has 1 amide bonds. The van der Waals surface area contributed by atoms with Gasteiger partial charge in [-0.25, -0.2) is 0 Å². The van der Waals surface area contributed by atoms with Gasteiger partial charge in [0.25, 0.3) is 0 Å². The van der Waals surface area contributed by atoms with Crippen molar-refractivity contribution in [3.8, 4) is 22.8 Å². The van der Waals surface area contributed by atoms with Gasteiger partial charge in [0.05, 0.1) is 29.1 Å². The number of aryl methyl sites for hydroxylation is 1. The van der Waals surface area contributed by atoms with Gasteiger partial charge in [-0.2, -0.15) is 0 Å². The van der Waals surface area contributed by atoms with Crippen molar-refractivity contribution in [2.24, 2.45) is 0 Å². The lowest BCUT2D eigenvalue weighted by Crippen LogP contribution is -2.15. The number of nitrogens with one attached hydrogen (secondary N) is 1. The molecule has 0 fully saturated rings. The van der Waals surface area contributed by atoms with Crippen LogP contribution in [0.1, 0.15) is 5.56 Å². The summed E-state index contributed by atoms with van der Waals surface area (Å²) in [7, 11) is 1.62. The van der Waals surface area contributed by atoms with Crippen LogP contribution in [-0.2, 0) is 4.79 Å². The SMILES string of the molecule is COc1ccccc1-c1nnc(SCC(=O)Nc2ccc(C)cc2Cl)n1-c1ccccc1. The highest BCUT2D eigenvalue weighted by Crippen LogP contribution is 2.33. The first kappa shape index (κ1) is 21.9. The fraction of sp³-hybridized carbons (Fsp3) is 0.125. The van der Waals surface area contributed by atoms with Crippen molar-refractivity contribution in [2.75, 3.05) is 18.2 Å². The van der Waals surface area contributed by atoms with Crippen molar-refractivity contribution < 1.29 is 9.53 Å². The van der Waals surface area contributed by atoms with E-state index in [4.69, 9.17) is 16.3 Å². The van der Waals surface area contributed by atoms with E-state index < -0.39 is 0 Å². The van der Waals surface area contributed by atoms with E-state index in [1.54, 1.807) is 13.2 Å². The van der Waals surface area contributed by atoms with Crippen molar-refractivity contribution in [1.29, 1.82) is 0 Å². The van der Waals surface area contributed by atoms with Gasteiger partial charge in [0.1, 0.15) is 5.75 Å². The number of methoxy groups -OCH3 is 1. The Balaban J connectivity index is 1.61. The van der Waals surface area contributed by atoms with Gasteiger partial charge in [0, 0.05) is 5.69 Å². The lowest BCUT2D eigenvalue weighted by atomic mass is 10.2. The third-order valence-electron chi connectivity index (χ3n) is 4.73. The van der Waals surface area contributed by atoms with E-state index in [1.165, 1.54) is 11.8 Å². The minimum absolute atomic E-state index is 0.154. The number of aromatic nitrogens is 3. The van der Waals surface area contributed by atoms with Gasteiger partial charge >= 0.3 is 0 Å². The zero-order valence-electron chi connectivity index (χ0n) is 17.6. The number of benzene rings is 3. The maximum atomic E-state index is 12.6. The van der Waals surface area contributed by atoms with Crippen LogP contribution in [0.25, 0.3) is 17.1 Å². The molecule has 0 bridgehead atoms.